The molecule has 0 amide bonds. The second-order valence-electron chi connectivity index (χ2n) is 7.49. The van der Waals surface area contributed by atoms with Crippen LogP contribution in [0.3, 0.4) is 0 Å². The molecule has 0 N–H and O–H groups in total. The molecule has 0 heteroatoms. The first-order valence-electron chi connectivity index (χ1n) is 8.47. The average molecular weight is 274 g/mol. The zero-order chi connectivity index (χ0) is 14.0. The summed E-state index contributed by atoms with van der Waals surface area (Å²) in [5.74, 6) is 0.897. The maximum atomic E-state index is 2.55. The highest BCUT2D eigenvalue weighted by molar-refractivity contribution is 5.87. The van der Waals surface area contributed by atoms with Crippen LogP contribution in [0.15, 0.2) is 42.0 Å². The summed E-state index contributed by atoms with van der Waals surface area (Å²) in [4.78, 5) is 0. The van der Waals surface area contributed by atoms with Gasteiger partial charge in [-0.2, -0.15) is 0 Å². The molecule has 2 unspecified atom stereocenters. The molecule has 2 atom stereocenters. The van der Waals surface area contributed by atoms with E-state index in [9.17, 15) is 0 Å². The van der Waals surface area contributed by atoms with Crippen molar-refractivity contribution in [3.63, 3.8) is 0 Å². The van der Waals surface area contributed by atoms with E-state index >= 15 is 0 Å². The third-order valence-corrected chi connectivity index (χ3v) is 6.45. The number of rotatable bonds is 0. The summed E-state index contributed by atoms with van der Waals surface area (Å²) in [5.41, 5.74) is 7.02. The van der Waals surface area contributed by atoms with Crippen molar-refractivity contribution in [2.45, 2.75) is 50.9 Å². The lowest BCUT2D eigenvalue weighted by atomic mass is 9.62. The van der Waals surface area contributed by atoms with E-state index in [0.717, 1.165) is 5.92 Å². The fraction of sp³-hybridized carbons (Fsp3) is 0.429. The predicted molar refractivity (Wildman–Crippen MR) is 88.7 cm³/mol. The highest BCUT2D eigenvalue weighted by Gasteiger charge is 2.49. The van der Waals surface area contributed by atoms with Crippen molar-refractivity contribution in [3.05, 3.63) is 58.7 Å². The Kier molecular flexibility index (Phi) is 2.29. The molecule has 3 aliphatic rings. The molecule has 0 heterocycles. The van der Waals surface area contributed by atoms with E-state index in [2.05, 4.69) is 43.3 Å². The van der Waals surface area contributed by atoms with Crippen molar-refractivity contribution in [1.29, 1.82) is 0 Å². The van der Waals surface area contributed by atoms with Crippen molar-refractivity contribution in [2.24, 2.45) is 5.92 Å². The first-order valence-corrected chi connectivity index (χ1v) is 8.47. The summed E-state index contributed by atoms with van der Waals surface area (Å²) in [6.45, 7) is 2.25. The largest absolute Gasteiger partial charge is 0.0850 e. The Labute approximate surface area is 126 Å². The minimum Gasteiger partial charge on any atom is -0.0850 e. The number of fused-ring (bicyclic) bond motifs is 6. The molecule has 5 rings (SSSR count). The number of aryl methyl sites for hydroxylation is 2. The third-order valence-electron chi connectivity index (χ3n) is 6.45. The number of hydrogen-bond donors (Lipinski definition) is 0. The molecule has 0 saturated heterocycles. The van der Waals surface area contributed by atoms with Gasteiger partial charge in [0.05, 0.1) is 0 Å². The van der Waals surface area contributed by atoms with Gasteiger partial charge in [-0.1, -0.05) is 42.0 Å². The fourth-order valence-electron chi connectivity index (χ4n) is 5.44. The maximum Gasteiger partial charge on any atom is 0.00274 e. The molecule has 0 aromatic heterocycles. The van der Waals surface area contributed by atoms with E-state index in [4.69, 9.17) is 0 Å². The number of hydrogen-bond acceptors (Lipinski definition) is 0. The van der Waals surface area contributed by atoms with Gasteiger partial charge in [-0.25, -0.2) is 0 Å². The zero-order valence-corrected chi connectivity index (χ0v) is 12.8. The third kappa shape index (κ3) is 1.51. The van der Waals surface area contributed by atoms with E-state index in [1.54, 1.807) is 16.7 Å². The van der Waals surface area contributed by atoms with Gasteiger partial charge < -0.3 is 0 Å². The number of benzene rings is 2. The van der Waals surface area contributed by atoms with Crippen molar-refractivity contribution < 1.29 is 0 Å². The smallest absolute Gasteiger partial charge is 0.00274 e. The highest BCUT2D eigenvalue weighted by atomic mass is 14.5. The van der Waals surface area contributed by atoms with Gasteiger partial charge >= 0.3 is 0 Å². The molecule has 2 bridgehead atoms. The van der Waals surface area contributed by atoms with Gasteiger partial charge in [0.1, 0.15) is 0 Å². The summed E-state index contributed by atoms with van der Waals surface area (Å²) >= 11 is 0. The number of allylic oxidation sites excluding steroid dienone is 2. The van der Waals surface area contributed by atoms with Crippen LogP contribution in [0.1, 0.15) is 48.8 Å². The lowest BCUT2D eigenvalue weighted by Crippen LogP contribution is -2.35. The standard InChI is InChI=1S/C21H22/c1-14-4-2-5-16-12-20-17(11-19(14)16)6-3-9-21(20)13-15-7-8-18(21)10-15/h2,4-5,7,11-12,18H,3,6,8-10,13H2,1H3. The van der Waals surface area contributed by atoms with E-state index in [0.29, 0.717) is 5.41 Å². The van der Waals surface area contributed by atoms with E-state index in [-0.39, 0.29) is 0 Å². The summed E-state index contributed by atoms with van der Waals surface area (Å²) in [6.07, 6.45) is 10.7. The van der Waals surface area contributed by atoms with Crippen molar-refractivity contribution in [2.75, 3.05) is 0 Å². The molecule has 0 radical (unpaired) electrons. The van der Waals surface area contributed by atoms with Crippen molar-refractivity contribution in [3.8, 4) is 0 Å². The quantitative estimate of drug-likeness (QED) is 0.559. The minimum absolute atomic E-state index is 0.496. The second-order valence-corrected chi connectivity index (χ2v) is 7.49. The first-order chi connectivity index (χ1) is 10.3. The second kappa shape index (κ2) is 4.00. The van der Waals surface area contributed by atoms with Crippen molar-refractivity contribution in [1.82, 2.24) is 0 Å². The van der Waals surface area contributed by atoms with Crippen LogP contribution in [0.5, 0.6) is 0 Å². The van der Waals surface area contributed by atoms with Gasteiger partial charge in [0.15, 0.2) is 0 Å². The van der Waals surface area contributed by atoms with Gasteiger partial charge in [-0.15, -0.1) is 0 Å². The van der Waals surface area contributed by atoms with E-state index in [1.807, 2.05) is 0 Å². The lowest BCUT2D eigenvalue weighted by Gasteiger charge is -2.42. The van der Waals surface area contributed by atoms with Gasteiger partial charge in [-0.3, -0.25) is 0 Å². The predicted octanol–water partition coefficient (Wildman–Crippen LogP) is 5.46. The Balaban J connectivity index is 1.78. The first kappa shape index (κ1) is 12.0. The summed E-state index contributed by atoms with van der Waals surface area (Å²) < 4.78 is 0. The molecule has 106 valence electrons. The van der Waals surface area contributed by atoms with Gasteiger partial charge in [0.2, 0.25) is 0 Å². The molecule has 3 aliphatic carbocycles. The molecule has 2 aromatic carbocycles. The molecule has 1 saturated carbocycles. The summed E-state index contributed by atoms with van der Waals surface area (Å²) in [7, 11) is 0. The van der Waals surface area contributed by atoms with Gasteiger partial charge in [0, 0.05) is 5.41 Å². The molecule has 2 aromatic rings. The summed E-state index contributed by atoms with van der Waals surface area (Å²) in [6, 6.07) is 11.8. The molecule has 0 aliphatic heterocycles. The Bertz CT molecular complexity index is 780. The molecular formula is C21H22. The van der Waals surface area contributed by atoms with Crippen LogP contribution in [0.2, 0.25) is 0 Å². The summed E-state index contributed by atoms with van der Waals surface area (Å²) in [5, 5.41) is 2.92. The van der Waals surface area contributed by atoms with Crippen LogP contribution in [0.25, 0.3) is 10.8 Å². The van der Waals surface area contributed by atoms with E-state index < -0.39 is 0 Å². The van der Waals surface area contributed by atoms with Crippen LogP contribution in [-0.2, 0) is 11.8 Å². The van der Waals surface area contributed by atoms with Crippen LogP contribution >= 0.6 is 0 Å². The Morgan fingerprint density at radius 2 is 2.14 bits per heavy atom. The molecule has 1 spiro atoms. The topological polar surface area (TPSA) is 0 Å². The highest BCUT2D eigenvalue weighted by Crippen LogP contribution is 2.59. The Morgan fingerprint density at radius 1 is 1.19 bits per heavy atom. The van der Waals surface area contributed by atoms with Crippen LogP contribution in [-0.4, -0.2) is 0 Å². The van der Waals surface area contributed by atoms with Crippen LogP contribution in [0, 0.1) is 12.8 Å². The monoisotopic (exact) mass is 274 g/mol. The lowest BCUT2D eigenvalue weighted by molar-refractivity contribution is 0.270. The zero-order valence-electron chi connectivity index (χ0n) is 12.8. The minimum atomic E-state index is 0.496. The van der Waals surface area contributed by atoms with Crippen molar-refractivity contribution >= 4 is 10.8 Å². The van der Waals surface area contributed by atoms with Crippen LogP contribution < -0.4 is 0 Å². The maximum absolute atomic E-state index is 2.55. The average Bonchev–Trinajstić information content (AvgIpc) is 3.08. The Morgan fingerprint density at radius 3 is 2.95 bits per heavy atom. The SMILES string of the molecule is Cc1cccc2cc3c(cc12)CCCC31CC2=CCC1C2. The van der Waals surface area contributed by atoms with Gasteiger partial charge in [-0.05, 0) is 78.8 Å². The molecule has 21 heavy (non-hydrogen) atoms. The van der Waals surface area contributed by atoms with E-state index in [1.165, 1.54) is 54.9 Å². The molecule has 0 nitrogen and oxygen atoms in total. The fourth-order valence-corrected chi connectivity index (χ4v) is 5.44. The molecular weight excluding hydrogens is 252 g/mol. The van der Waals surface area contributed by atoms with Crippen LogP contribution in [0.4, 0.5) is 0 Å². The van der Waals surface area contributed by atoms with Gasteiger partial charge in [0.25, 0.3) is 0 Å². The normalized spacial score (nSPS) is 30.0. The Hall–Kier alpha value is -1.56. The molecule has 1 fully saturated rings.